The van der Waals surface area contributed by atoms with Crippen molar-refractivity contribution in [2.75, 3.05) is 0 Å². The number of epoxide rings is 1. The van der Waals surface area contributed by atoms with Crippen LogP contribution in [0.4, 0.5) is 0 Å². The number of ether oxygens (including phenoxy) is 1. The molecule has 4 aliphatic carbocycles. The molecule has 0 aromatic rings. The first-order valence-electron chi connectivity index (χ1n) is 13.4. The second-order valence-electron chi connectivity index (χ2n) is 13.4. The van der Waals surface area contributed by atoms with Crippen molar-refractivity contribution < 1.29 is 33.8 Å². The molecular weight excluding hydrogens is 472 g/mol. The zero-order valence-corrected chi connectivity index (χ0v) is 22.9. The molecule has 8 atom stereocenters. The normalized spacial score (nSPS) is 44.7. The predicted octanol–water partition coefficient (Wildman–Crippen LogP) is 4.28. The van der Waals surface area contributed by atoms with Gasteiger partial charge in [-0.2, -0.15) is 0 Å². The average molecular weight is 511 g/mol. The van der Waals surface area contributed by atoms with E-state index < -0.39 is 45.1 Å². The summed E-state index contributed by atoms with van der Waals surface area (Å²) in [5, 5.41) is 9.17. The van der Waals surface area contributed by atoms with Crippen molar-refractivity contribution in [1.29, 1.82) is 0 Å². The van der Waals surface area contributed by atoms with Crippen LogP contribution in [0, 0.1) is 39.4 Å². The van der Waals surface area contributed by atoms with Gasteiger partial charge in [0.15, 0.2) is 11.6 Å². The van der Waals surface area contributed by atoms with Crippen LogP contribution in [-0.2, 0) is 28.7 Å². The number of carboxylic acids is 1. The third-order valence-corrected chi connectivity index (χ3v) is 11.5. The van der Waals surface area contributed by atoms with Gasteiger partial charge in [-0.3, -0.25) is 24.0 Å². The maximum atomic E-state index is 14.1. The zero-order chi connectivity index (χ0) is 27.5. The van der Waals surface area contributed by atoms with Gasteiger partial charge in [-0.1, -0.05) is 40.2 Å². The molecule has 0 aromatic carbocycles. The van der Waals surface area contributed by atoms with Crippen LogP contribution in [0.2, 0.25) is 0 Å². The van der Waals surface area contributed by atoms with Gasteiger partial charge in [0, 0.05) is 30.6 Å². The van der Waals surface area contributed by atoms with E-state index >= 15 is 0 Å². The number of carbonyl (C=O) groups excluding carboxylic acids is 4. The monoisotopic (exact) mass is 510 g/mol. The minimum Gasteiger partial charge on any atom is -0.481 e. The van der Waals surface area contributed by atoms with Crippen LogP contribution in [0.15, 0.2) is 23.3 Å². The number of rotatable bonds is 5. The first kappa shape index (κ1) is 26.2. The van der Waals surface area contributed by atoms with Gasteiger partial charge in [0.2, 0.25) is 0 Å². The molecule has 37 heavy (non-hydrogen) atoms. The summed E-state index contributed by atoms with van der Waals surface area (Å²) in [6.07, 6.45) is 4.67. The first-order chi connectivity index (χ1) is 17.0. The Hall–Kier alpha value is -2.41. The van der Waals surface area contributed by atoms with Gasteiger partial charge < -0.3 is 9.84 Å². The van der Waals surface area contributed by atoms with Crippen molar-refractivity contribution >= 4 is 29.1 Å². The SMILES string of the molecule is C/C(=C/C(=O)CC(C)C(=O)O)[C@H]1CC(=O)[C@]2(C)[C@]1(C)C(=O)C=C1[C@@]3(C)CCC(=O)C(C)(C)[C@@H]3C[C@H]3O[C@@]132. The Balaban J connectivity index is 1.58. The highest BCUT2D eigenvalue weighted by Gasteiger charge is 2.86. The molecule has 1 saturated heterocycles. The number of Topliss-reactive ketones (excluding diaryl/α,β-unsaturated/α-hetero) is 2. The lowest BCUT2D eigenvalue weighted by Gasteiger charge is -2.59. The maximum Gasteiger partial charge on any atom is 0.306 e. The number of carboxylic acid groups (broad SMARTS) is 1. The standard InChI is InChI=1S/C30H38O7/c1-15(10-17(31)11-16(2)25(35)36)18-12-23(34)29(7)28(18,6)22(33)13-20-27(5)9-8-21(32)26(3,4)19(27)14-24-30(20,29)37-24/h10,13,16,18-19,24H,8-9,11-12,14H2,1-7H3,(H,35,36)/b15-10-/t16?,18-,19+,24-,27+,28+,29-,30+/m1/s1. The average Bonchev–Trinajstić information content (AvgIpc) is 3.49. The van der Waals surface area contributed by atoms with E-state index in [2.05, 4.69) is 6.92 Å². The summed E-state index contributed by atoms with van der Waals surface area (Å²) in [6, 6.07) is 0. The number of fused-ring (bicyclic) bond motifs is 3. The van der Waals surface area contributed by atoms with Gasteiger partial charge in [0.05, 0.1) is 22.9 Å². The van der Waals surface area contributed by atoms with E-state index in [1.165, 1.54) is 13.0 Å². The summed E-state index contributed by atoms with van der Waals surface area (Å²) in [6.45, 7) is 13.1. The molecule has 7 heteroatoms. The molecule has 1 unspecified atom stereocenters. The topological polar surface area (TPSA) is 118 Å². The van der Waals surface area contributed by atoms with E-state index in [0.717, 1.165) is 5.57 Å². The summed E-state index contributed by atoms with van der Waals surface area (Å²) in [5.74, 6) is -2.55. The second-order valence-corrected chi connectivity index (χ2v) is 13.4. The summed E-state index contributed by atoms with van der Waals surface area (Å²) >= 11 is 0. The Morgan fingerprint density at radius 2 is 1.78 bits per heavy atom. The van der Waals surface area contributed by atoms with Crippen molar-refractivity contribution in [2.24, 2.45) is 39.4 Å². The first-order valence-corrected chi connectivity index (χ1v) is 13.4. The fourth-order valence-corrected chi connectivity index (χ4v) is 8.94. The van der Waals surface area contributed by atoms with E-state index in [0.29, 0.717) is 24.8 Å². The summed E-state index contributed by atoms with van der Waals surface area (Å²) in [4.78, 5) is 64.8. The largest absolute Gasteiger partial charge is 0.481 e. The van der Waals surface area contributed by atoms with Crippen LogP contribution in [-0.4, -0.2) is 45.9 Å². The highest BCUT2D eigenvalue weighted by Crippen LogP contribution is 2.78. The van der Waals surface area contributed by atoms with Crippen molar-refractivity contribution in [3.8, 4) is 0 Å². The van der Waals surface area contributed by atoms with Crippen molar-refractivity contribution in [3.63, 3.8) is 0 Å². The molecular formula is C30H38O7. The lowest BCUT2D eigenvalue weighted by molar-refractivity contribution is -0.150. The molecule has 3 saturated carbocycles. The Kier molecular flexibility index (Phi) is 5.37. The maximum absolute atomic E-state index is 14.1. The highest BCUT2D eigenvalue weighted by molar-refractivity contribution is 6.08. The fraction of sp³-hybridized carbons (Fsp3) is 0.700. The third kappa shape index (κ3) is 2.95. The molecule has 1 N–H and O–H groups in total. The number of hydrogen-bond donors (Lipinski definition) is 1. The Bertz CT molecular complexity index is 1220. The smallest absolute Gasteiger partial charge is 0.306 e. The van der Waals surface area contributed by atoms with E-state index in [1.807, 2.05) is 27.7 Å². The third-order valence-electron chi connectivity index (χ3n) is 11.5. The Labute approximate surface area is 218 Å². The molecule has 4 fully saturated rings. The molecule has 7 nitrogen and oxygen atoms in total. The predicted molar refractivity (Wildman–Crippen MR) is 134 cm³/mol. The molecule has 0 bridgehead atoms. The number of hydrogen-bond acceptors (Lipinski definition) is 6. The Morgan fingerprint density at radius 3 is 2.41 bits per heavy atom. The van der Waals surface area contributed by atoms with Crippen LogP contribution in [0.3, 0.4) is 0 Å². The fourth-order valence-electron chi connectivity index (χ4n) is 8.94. The summed E-state index contributed by atoms with van der Waals surface area (Å²) in [5.41, 5.74) is -2.50. The van der Waals surface area contributed by atoms with Gasteiger partial charge in [-0.05, 0) is 55.7 Å². The minimum atomic E-state index is -1.09. The molecule has 1 spiro atoms. The van der Waals surface area contributed by atoms with E-state index in [1.54, 1.807) is 13.0 Å². The lowest BCUT2D eigenvalue weighted by Crippen LogP contribution is -2.65. The minimum absolute atomic E-state index is 0.0247. The van der Waals surface area contributed by atoms with Gasteiger partial charge >= 0.3 is 5.97 Å². The van der Waals surface area contributed by atoms with Gasteiger partial charge in [0.1, 0.15) is 17.2 Å². The van der Waals surface area contributed by atoms with Gasteiger partial charge in [-0.25, -0.2) is 0 Å². The molecule has 1 aliphatic heterocycles. The van der Waals surface area contributed by atoms with Crippen LogP contribution >= 0.6 is 0 Å². The highest BCUT2D eigenvalue weighted by atomic mass is 16.6. The molecule has 5 rings (SSSR count). The van der Waals surface area contributed by atoms with Crippen LogP contribution < -0.4 is 0 Å². The van der Waals surface area contributed by atoms with Gasteiger partial charge in [-0.15, -0.1) is 0 Å². The van der Waals surface area contributed by atoms with Crippen LogP contribution in [0.5, 0.6) is 0 Å². The van der Waals surface area contributed by atoms with Gasteiger partial charge in [0.25, 0.3) is 0 Å². The van der Waals surface area contributed by atoms with Crippen molar-refractivity contribution in [2.45, 2.75) is 92.3 Å². The summed E-state index contributed by atoms with van der Waals surface area (Å²) < 4.78 is 6.54. The number of aliphatic carboxylic acids is 1. The summed E-state index contributed by atoms with van der Waals surface area (Å²) in [7, 11) is 0. The second kappa shape index (κ2) is 7.58. The van der Waals surface area contributed by atoms with E-state index in [-0.39, 0.29) is 48.0 Å². The van der Waals surface area contributed by atoms with Crippen LogP contribution in [0.25, 0.3) is 0 Å². The van der Waals surface area contributed by atoms with Crippen molar-refractivity contribution in [1.82, 2.24) is 0 Å². The zero-order valence-electron chi connectivity index (χ0n) is 22.9. The Morgan fingerprint density at radius 1 is 1.14 bits per heavy atom. The quantitative estimate of drug-likeness (QED) is 0.433. The number of allylic oxidation sites excluding steroid dienone is 3. The molecule has 1 heterocycles. The van der Waals surface area contributed by atoms with E-state index in [4.69, 9.17) is 9.84 Å². The molecule has 0 radical (unpaired) electrons. The molecule has 5 aliphatic rings. The number of ketones is 4. The van der Waals surface area contributed by atoms with Crippen molar-refractivity contribution in [3.05, 3.63) is 23.3 Å². The molecule has 200 valence electrons. The van der Waals surface area contributed by atoms with Crippen LogP contribution in [0.1, 0.15) is 80.6 Å². The number of carbonyl (C=O) groups is 5. The lowest BCUT2D eigenvalue weighted by atomic mass is 9.41. The molecule has 0 amide bonds. The van der Waals surface area contributed by atoms with E-state index in [9.17, 15) is 24.0 Å². The molecule has 0 aromatic heterocycles.